The van der Waals surface area contributed by atoms with Crippen molar-refractivity contribution in [3.63, 3.8) is 0 Å². The van der Waals surface area contributed by atoms with Gasteiger partial charge in [0.15, 0.2) is 0 Å². The molecule has 0 amide bonds. The molecule has 0 aromatic heterocycles. The Morgan fingerprint density at radius 3 is 0.856 bits per heavy atom. The summed E-state index contributed by atoms with van der Waals surface area (Å²) in [6, 6.07) is 0. The number of hydrogen-bond acceptors (Lipinski definition) is 8. The summed E-state index contributed by atoms with van der Waals surface area (Å²) >= 11 is 3.63. The van der Waals surface area contributed by atoms with E-state index in [9.17, 15) is 57.7 Å². The Labute approximate surface area is 759 Å². The molecule has 0 unspecified atom stereocenters. The first-order chi connectivity index (χ1) is 59.4. The van der Waals surface area contributed by atoms with E-state index in [0.717, 1.165) is 164 Å². The summed E-state index contributed by atoms with van der Waals surface area (Å²) in [6.07, 6.45) is 50.9. The summed E-state index contributed by atoms with van der Waals surface area (Å²) in [5, 5.41) is 72.4. The van der Waals surface area contributed by atoms with Crippen molar-refractivity contribution in [3.05, 3.63) is 119 Å². The molecule has 0 bridgehead atoms. The number of fused-ring (bicyclic) bond motifs is 25. The smallest absolute Gasteiger partial charge is 0.267 e. The van der Waals surface area contributed by atoms with Gasteiger partial charge in [0, 0.05) is 18.9 Å². The molecule has 7 N–H and O–H groups in total. The minimum Gasteiger partial charge on any atom is -0.392 e. The van der Waals surface area contributed by atoms with Crippen molar-refractivity contribution >= 4 is 15.9 Å². The second-order valence-corrected chi connectivity index (χ2v) is 49.0. The summed E-state index contributed by atoms with van der Waals surface area (Å²) < 4.78 is 71.5. The third kappa shape index (κ3) is 17.1. The number of methoxy groups -OCH3 is 1. The van der Waals surface area contributed by atoms with Crippen molar-refractivity contribution in [3.8, 4) is 0 Å². The van der Waals surface area contributed by atoms with Gasteiger partial charge in [0.25, 0.3) is 6.43 Å². The zero-order chi connectivity index (χ0) is 89.3. The van der Waals surface area contributed by atoms with Crippen LogP contribution < -0.4 is 0 Å². The number of rotatable bonds is 14. The molecule has 0 aliphatic heterocycles. The summed E-state index contributed by atoms with van der Waals surface area (Å²) in [6.45, 7) is 37.1. The number of aliphatic hydroxyl groups excluding tert-OH is 2. The molecule has 14 heteroatoms. The molecule has 0 aromatic carbocycles. The molecular formula is C111H166BrF5O8. The maximum atomic E-state index is 13.3. The van der Waals surface area contributed by atoms with Crippen LogP contribution >= 0.6 is 15.9 Å². The Morgan fingerprint density at radius 1 is 0.352 bits per heavy atom. The van der Waals surface area contributed by atoms with E-state index in [1.807, 2.05) is 0 Å². The first kappa shape index (κ1) is 95.4. The molecule has 15 saturated carbocycles. The highest BCUT2D eigenvalue weighted by molar-refractivity contribution is 9.09. The first-order valence-corrected chi connectivity index (χ1v) is 52.1. The van der Waals surface area contributed by atoms with Crippen molar-refractivity contribution in [2.75, 3.05) is 52.3 Å². The van der Waals surface area contributed by atoms with E-state index in [2.05, 4.69) is 128 Å². The topological polar surface area (TPSA) is 151 Å². The SMILES string of the molecule is C=C(C)[C@H]1CC[C@H]2[C@@H]3CC=C4C[C@](O)(C(F)F)CC[C@@H]4[C@H]3CC[C@]12C.C=C(C)[C@H]1CC[C@H]2[C@@H]3CC=C4C[C@](O)(CF)CC[C@@H]4[C@H]3CC[C@]12C.C=C(CBr)[C@H]1CC[C@H]2[C@@H]3CC=C4C[C@](O)(CF)CC[C@@H]4[C@H]3CC[C@]12C.C=C(CO)[C@H]1CC[C@H]2[C@@H]3CC=C4C[C@](O)(CF)CC[C@@H]4[C@H]3CC[C@]12C.C=C(CO)[C@H]1CC[C@H]2[C@@H]3CC=C4C[C@](O)(COC)CC[C@@H]4[C@H]3CC[C@]12C. The molecule has 700 valence electrons. The molecule has 20 aliphatic carbocycles. The lowest BCUT2D eigenvalue weighted by molar-refractivity contribution is -0.119. The predicted octanol–water partition coefficient (Wildman–Crippen LogP) is 25.6. The van der Waals surface area contributed by atoms with Crippen LogP contribution in [0.1, 0.15) is 305 Å². The minimum atomic E-state index is -2.63. The van der Waals surface area contributed by atoms with Crippen LogP contribution in [0.3, 0.4) is 0 Å². The fourth-order valence-electron chi connectivity index (χ4n) is 36.6. The third-order valence-corrected chi connectivity index (χ3v) is 43.4. The zero-order valence-corrected chi connectivity index (χ0v) is 80.1. The summed E-state index contributed by atoms with van der Waals surface area (Å²) in [7, 11) is 1.69. The second kappa shape index (κ2) is 36.8. The van der Waals surface area contributed by atoms with Crippen molar-refractivity contribution in [1.29, 1.82) is 0 Å². The molecule has 0 spiro atoms. The van der Waals surface area contributed by atoms with Crippen LogP contribution in [0.4, 0.5) is 22.0 Å². The molecule has 20 aliphatic rings. The van der Waals surface area contributed by atoms with Gasteiger partial charge in [-0.15, -0.1) is 0 Å². The van der Waals surface area contributed by atoms with E-state index in [1.165, 1.54) is 174 Å². The fraction of sp³-hybridized carbons (Fsp3) is 0.820. The monoisotopic (exact) mass is 1800 g/mol. The zero-order valence-electron chi connectivity index (χ0n) is 78.5. The van der Waals surface area contributed by atoms with Crippen LogP contribution in [0.25, 0.3) is 0 Å². The molecule has 0 aromatic rings. The lowest BCUT2D eigenvalue weighted by atomic mass is 9.51. The maximum absolute atomic E-state index is 13.3. The predicted molar refractivity (Wildman–Crippen MR) is 498 cm³/mol. The number of allylic oxidation sites excluding steroid dienone is 8. The molecule has 8 nitrogen and oxygen atoms in total. The largest absolute Gasteiger partial charge is 0.392 e. The van der Waals surface area contributed by atoms with E-state index < -0.39 is 54.5 Å². The Morgan fingerprint density at radius 2 is 0.600 bits per heavy atom. The minimum absolute atomic E-state index is 0.121. The standard InChI is InChI=1S/C23H36O3.C22H32BrFO.C22H32F2O.C22H33FO2.C22H33FO/c1-15(13-24)20-6-7-21-19-5-4-16-12-23(25,14-26-3)11-9-17(16)18(19)8-10-22(20,21)2;1-14(12-23)19-5-6-20-18-4-3-15-11-22(25,13-24)10-8-16(15)17(18)7-9-21(19,20)2;1-13(2)18-6-7-19-17-5-4-14-12-22(25,20(23)24)11-9-15(14)16(17)8-10-21(18,19)3;1-14(12-24)19-5-6-20-18-4-3-15-11-22(25,13-23)10-8-16(15)17(18)7-9-21(19,20)2;1-14(2)19-6-7-20-18-5-4-15-12-22(24,13-23)11-9-16(15)17(18)8-10-21(19,20)3/h4,17-21,24-25H,1,5-14H2,2-3H3;3,16-20,25H,1,4-13H2,2H3;4,15-20,25H,1,5-12H2,2-3H3;3,16-20,24-25H,1,4-13H2,2H3;4,16-20,24H,1,5-13H2,2-3H3/t17-,18+,19+,20+,21-,22+,23-;16-,17+,18+,19+,20-,21+,22-;15-,16+,17+,18+,19-,21+,22-;2*16-,17+,18+,19+,20-,21+,22-/m00000/s1. The van der Waals surface area contributed by atoms with E-state index in [-0.39, 0.29) is 26.1 Å². The molecule has 0 heterocycles. The summed E-state index contributed by atoms with van der Waals surface area (Å²) in [5.41, 5.74) is 9.13. The van der Waals surface area contributed by atoms with Gasteiger partial charge in [0.2, 0.25) is 0 Å². The Bertz CT molecular complexity index is 4020. The molecule has 15 fully saturated rings. The van der Waals surface area contributed by atoms with Crippen LogP contribution in [-0.2, 0) is 4.74 Å². The van der Waals surface area contributed by atoms with Crippen LogP contribution in [0.5, 0.6) is 0 Å². The average molecular weight is 1800 g/mol. The van der Waals surface area contributed by atoms with Gasteiger partial charge in [0.1, 0.15) is 25.6 Å². The van der Waals surface area contributed by atoms with Crippen molar-refractivity contribution in [1.82, 2.24) is 0 Å². The Kier molecular flexibility index (Phi) is 28.1. The maximum Gasteiger partial charge on any atom is 0.267 e. The van der Waals surface area contributed by atoms with Gasteiger partial charge < -0.3 is 40.5 Å². The lowest BCUT2D eigenvalue weighted by Gasteiger charge is -2.54. The van der Waals surface area contributed by atoms with Gasteiger partial charge in [-0.25, -0.2) is 22.0 Å². The highest BCUT2D eigenvalue weighted by atomic mass is 79.9. The quantitative estimate of drug-likeness (QED) is 0.0516. The molecule has 125 heavy (non-hydrogen) atoms. The van der Waals surface area contributed by atoms with Crippen molar-refractivity contribution < 1.29 is 62.4 Å². The Balaban J connectivity index is 0.000000115. The van der Waals surface area contributed by atoms with Crippen molar-refractivity contribution in [2.24, 2.45) is 175 Å². The van der Waals surface area contributed by atoms with Gasteiger partial charge in [-0.3, -0.25) is 0 Å². The van der Waals surface area contributed by atoms with Crippen LogP contribution in [0.15, 0.2) is 119 Å². The van der Waals surface area contributed by atoms with Crippen molar-refractivity contribution in [2.45, 2.75) is 340 Å². The molecule has 0 radical (unpaired) electrons. The fourth-order valence-corrected chi connectivity index (χ4v) is 37.0. The van der Waals surface area contributed by atoms with E-state index in [1.54, 1.807) is 7.11 Å². The van der Waals surface area contributed by atoms with Gasteiger partial charge in [-0.1, -0.05) is 158 Å². The number of halogens is 6. The molecular weight excluding hydrogens is 1640 g/mol. The first-order valence-electron chi connectivity index (χ1n) is 51.0. The highest BCUT2D eigenvalue weighted by Gasteiger charge is 2.64. The number of hydrogen-bond donors (Lipinski definition) is 7. The third-order valence-electron chi connectivity index (χ3n) is 42.7. The summed E-state index contributed by atoms with van der Waals surface area (Å²) in [5.74, 6) is 17.3. The van der Waals surface area contributed by atoms with Crippen LogP contribution in [-0.4, -0.2) is 122 Å². The normalized spacial score (nSPS) is 49.0. The number of alkyl halides is 6. The highest BCUT2D eigenvalue weighted by Crippen LogP contribution is 2.72. The van der Waals surface area contributed by atoms with E-state index in [4.69, 9.17) is 4.74 Å². The van der Waals surface area contributed by atoms with Gasteiger partial charge in [-0.2, -0.15) is 0 Å². The molecule has 20 rings (SSSR count). The lowest BCUT2D eigenvalue weighted by Crippen LogP contribution is -2.49. The molecule has 35 atom stereocenters. The van der Waals surface area contributed by atoms with Gasteiger partial charge in [-0.05, 0) is 450 Å². The summed E-state index contributed by atoms with van der Waals surface area (Å²) in [4.78, 5) is 0. The number of aliphatic hydroxyl groups is 7. The van der Waals surface area contributed by atoms with Crippen LogP contribution in [0, 0.1) is 175 Å². The second-order valence-electron chi connectivity index (χ2n) is 48.5. The Hall–Kier alpha value is -2.79. The average Bonchev–Trinajstić information content (AvgIpc) is 1.64. The van der Waals surface area contributed by atoms with E-state index in [0.29, 0.717) is 149 Å². The van der Waals surface area contributed by atoms with Gasteiger partial charge >= 0.3 is 0 Å². The van der Waals surface area contributed by atoms with Crippen LogP contribution in [0.2, 0.25) is 0 Å². The molecule has 0 saturated heterocycles. The van der Waals surface area contributed by atoms with Gasteiger partial charge in [0.05, 0.1) is 42.2 Å². The number of ether oxygens (including phenoxy) is 1. The van der Waals surface area contributed by atoms with E-state index >= 15 is 0 Å².